The van der Waals surface area contributed by atoms with E-state index in [1.54, 1.807) is 14.0 Å². The van der Waals surface area contributed by atoms with Gasteiger partial charge >= 0.3 is 0 Å². The molecule has 0 spiro atoms. The second kappa shape index (κ2) is 5.46. The van der Waals surface area contributed by atoms with Gasteiger partial charge in [0.2, 0.25) is 6.04 Å². The molecule has 82 valence electrons. The van der Waals surface area contributed by atoms with E-state index in [-0.39, 0.29) is 11.0 Å². The maximum atomic E-state index is 10.5. The summed E-state index contributed by atoms with van der Waals surface area (Å²) in [5.74, 6) is 0. The summed E-state index contributed by atoms with van der Waals surface area (Å²) in [6.45, 7) is 1.59. The van der Waals surface area contributed by atoms with Crippen molar-refractivity contribution in [2.45, 2.75) is 25.5 Å². The molecule has 1 aromatic carbocycles. The Bertz CT molecular complexity index is 313. The highest BCUT2D eigenvalue weighted by Crippen LogP contribution is 2.22. The highest BCUT2D eigenvalue weighted by Gasteiger charge is 2.21. The lowest BCUT2D eigenvalue weighted by molar-refractivity contribution is -0.520. The summed E-state index contributed by atoms with van der Waals surface area (Å²) in [4.78, 5) is 10.2. The molecule has 0 N–H and O–H groups in total. The number of rotatable bonds is 5. The average Bonchev–Trinajstić information content (AvgIpc) is 2.26. The van der Waals surface area contributed by atoms with Crippen LogP contribution in [0.1, 0.15) is 25.0 Å². The van der Waals surface area contributed by atoms with E-state index in [1.807, 2.05) is 30.3 Å². The van der Waals surface area contributed by atoms with Crippen LogP contribution in [0.4, 0.5) is 0 Å². The van der Waals surface area contributed by atoms with Gasteiger partial charge in [-0.25, -0.2) is 0 Å². The molecule has 0 bridgehead atoms. The van der Waals surface area contributed by atoms with Gasteiger partial charge in [0.05, 0.1) is 6.10 Å². The minimum atomic E-state index is -0.588. The van der Waals surface area contributed by atoms with Crippen LogP contribution in [0.25, 0.3) is 0 Å². The van der Waals surface area contributed by atoms with Crippen LogP contribution < -0.4 is 0 Å². The fourth-order valence-corrected chi connectivity index (χ4v) is 1.43. The molecule has 1 aromatic rings. The van der Waals surface area contributed by atoms with E-state index in [9.17, 15) is 10.1 Å². The first-order valence-electron chi connectivity index (χ1n) is 4.86. The first kappa shape index (κ1) is 11.7. The van der Waals surface area contributed by atoms with Crippen molar-refractivity contribution in [3.63, 3.8) is 0 Å². The molecule has 0 amide bonds. The van der Waals surface area contributed by atoms with Gasteiger partial charge in [-0.1, -0.05) is 30.3 Å². The van der Waals surface area contributed by atoms with Crippen LogP contribution in [-0.2, 0) is 4.74 Å². The third-order valence-corrected chi connectivity index (χ3v) is 2.37. The molecule has 1 rings (SSSR count). The first-order valence-corrected chi connectivity index (χ1v) is 4.86. The lowest BCUT2D eigenvalue weighted by Gasteiger charge is -2.16. The van der Waals surface area contributed by atoms with E-state index < -0.39 is 6.04 Å². The molecule has 0 saturated heterocycles. The first-order chi connectivity index (χ1) is 7.15. The van der Waals surface area contributed by atoms with Crippen LogP contribution in [0.2, 0.25) is 0 Å². The summed E-state index contributed by atoms with van der Waals surface area (Å²) in [6.07, 6.45) is 0.194. The Kier molecular flexibility index (Phi) is 4.24. The van der Waals surface area contributed by atoms with Crippen LogP contribution in [0.3, 0.4) is 0 Å². The Balaban J connectivity index is 2.69. The van der Waals surface area contributed by atoms with Crippen molar-refractivity contribution in [1.82, 2.24) is 0 Å². The van der Waals surface area contributed by atoms with Crippen molar-refractivity contribution < 1.29 is 9.66 Å². The van der Waals surface area contributed by atoms with E-state index in [4.69, 9.17) is 4.74 Å². The second-order valence-electron chi connectivity index (χ2n) is 3.51. The van der Waals surface area contributed by atoms with Crippen LogP contribution in [0, 0.1) is 10.1 Å². The molecule has 4 heteroatoms. The van der Waals surface area contributed by atoms with Gasteiger partial charge in [0.25, 0.3) is 0 Å². The monoisotopic (exact) mass is 209 g/mol. The summed E-state index contributed by atoms with van der Waals surface area (Å²) in [6, 6.07) is 8.96. The smallest absolute Gasteiger partial charge is 0.213 e. The molecule has 0 aliphatic rings. The van der Waals surface area contributed by atoms with E-state index in [1.165, 1.54) is 0 Å². The van der Waals surface area contributed by atoms with Crippen molar-refractivity contribution >= 4 is 0 Å². The van der Waals surface area contributed by atoms with Gasteiger partial charge in [0.1, 0.15) is 0 Å². The molecule has 0 fully saturated rings. The third-order valence-electron chi connectivity index (χ3n) is 2.37. The molecule has 0 aromatic heterocycles. The van der Waals surface area contributed by atoms with Crippen molar-refractivity contribution in [2.24, 2.45) is 0 Å². The van der Waals surface area contributed by atoms with Crippen LogP contribution >= 0.6 is 0 Å². The molecule has 0 saturated carbocycles. The molecular weight excluding hydrogens is 194 g/mol. The quantitative estimate of drug-likeness (QED) is 0.552. The van der Waals surface area contributed by atoms with Gasteiger partial charge in [-0.15, -0.1) is 0 Å². The Labute approximate surface area is 89.0 Å². The van der Waals surface area contributed by atoms with Gasteiger partial charge in [0, 0.05) is 25.4 Å². The van der Waals surface area contributed by atoms with Crippen molar-refractivity contribution in [1.29, 1.82) is 0 Å². The number of nitrogens with zero attached hydrogens (tertiary/aromatic N) is 1. The van der Waals surface area contributed by atoms with Gasteiger partial charge in [-0.05, 0) is 5.56 Å². The Morgan fingerprint density at radius 2 is 2.00 bits per heavy atom. The normalized spacial score (nSPS) is 14.5. The Morgan fingerprint density at radius 3 is 2.47 bits per heavy atom. The van der Waals surface area contributed by atoms with E-state index in [2.05, 4.69) is 0 Å². The fourth-order valence-electron chi connectivity index (χ4n) is 1.43. The lowest BCUT2D eigenvalue weighted by atomic mass is 10.0. The molecule has 15 heavy (non-hydrogen) atoms. The number of nitro groups is 1. The fraction of sp³-hybridized carbons (Fsp3) is 0.455. The summed E-state index contributed by atoms with van der Waals surface area (Å²) >= 11 is 0. The topological polar surface area (TPSA) is 52.4 Å². The number of hydrogen-bond acceptors (Lipinski definition) is 3. The molecule has 4 nitrogen and oxygen atoms in total. The summed E-state index contributed by atoms with van der Waals surface area (Å²) < 4.78 is 5.25. The summed E-state index contributed by atoms with van der Waals surface area (Å²) in [5, 5.41) is 10.5. The second-order valence-corrected chi connectivity index (χ2v) is 3.51. The number of methoxy groups -OCH3 is 1. The Hall–Kier alpha value is -1.42. The van der Waals surface area contributed by atoms with Crippen LogP contribution in [0.15, 0.2) is 30.3 Å². The largest absolute Gasteiger partial charge is 0.376 e. The zero-order valence-electron chi connectivity index (χ0n) is 8.92. The zero-order chi connectivity index (χ0) is 11.3. The summed E-state index contributed by atoms with van der Waals surface area (Å²) in [7, 11) is 1.57. The predicted molar refractivity (Wildman–Crippen MR) is 57.3 cm³/mol. The highest BCUT2D eigenvalue weighted by atomic mass is 16.6. The zero-order valence-corrected chi connectivity index (χ0v) is 8.92. The molecule has 0 radical (unpaired) electrons. The maximum absolute atomic E-state index is 10.5. The third kappa shape index (κ3) is 3.32. The van der Waals surface area contributed by atoms with Gasteiger partial charge < -0.3 is 4.74 Å². The van der Waals surface area contributed by atoms with Gasteiger partial charge in [-0.2, -0.15) is 0 Å². The molecule has 0 aliphatic heterocycles. The van der Waals surface area contributed by atoms with Crippen molar-refractivity contribution in [3.8, 4) is 0 Å². The maximum Gasteiger partial charge on any atom is 0.213 e. The molecule has 0 heterocycles. The number of ether oxygens (including phenoxy) is 1. The lowest BCUT2D eigenvalue weighted by Crippen LogP contribution is -2.19. The van der Waals surface area contributed by atoms with Crippen molar-refractivity contribution in [3.05, 3.63) is 46.0 Å². The van der Waals surface area contributed by atoms with E-state index >= 15 is 0 Å². The van der Waals surface area contributed by atoms with E-state index in [0.717, 1.165) is 5.56 Å². The van der Waals surface area contributed by atoms with Crippen LogP contribution in [0.5, 0.6) is 0 Å². The molecule has 2 atom stereocenters. The molecule has 0 unspecified atom stereocenters. The van der Waals surface area contributed by atoms with Crippen LogP contribution in [-0.4, -0.2) is 18.1 Å². The van der Waals surface area contributed by atoms with E-state index in [0.29, 0.717) is 6.42 Å². The van der Waals surface area contributed by atoms with Gasteiger partial charge in [-0.3, -0.25) is 10.1 Å². The summed E-state index contributed by atoms with van der Waals surface area (Å²) in [5.41, 5.74) is 0.980. The standard InChI is InChI=1S/C11H15NO3/c1-9(12(13)14)8-11(15-2)10-6-4-3-5-7-10/h3-7,9,11H,8H2,1-2H3/t9-,11+/m0/s1. The molecule has 0 aliphatic carbocycles. The van der Waals surface area contributed by atoms with Crippen molar-refractivity contribution in [2.75, 3.05) is 7.11 Å². The SMILES string of the molecule is CO[C@H](C[C@H](C)[N+](=O)[O-])c1ccccc1. The van der Waals surface area contributed by atoms with Gasteiger partial charge in [0.15, 0.2) is 0 Å². The molecular formula is C11H15NO3. The minimum absolute atomic E-state index is 0.202. The minimum Gasteiger partial charge on any atom is -0.376 e. The average molecular weight is 209 g/mol. The predicted octanol–water partition coefficient (Wildman–Crippen LogP) is 2.43. The number of hydrogen-bond donors (Lipinski definition) is 0. The highest BCUT2D eigenvalue weighted by molar-refractivity contribution is 5.17. The Morgan fingerprint density at radius 1 is 1.40 bits per heavy atom. The number of benzene rings is 1.